The van der Waals surface area contributed by atoms with Crippen LogP contribution in [0.25, 0.3) is 32.4 Å². The van der Waals surface area contributed by atoms with Crippen molar-refractivity contribution in [3.05, 3.63) is 191 Å². The zero-order chi connectivity index (χ0) is 41.5. The van der Waals surface area contributed by atoms with E-state index in [0.717, 1.165) is 49.1 Å². The van der Waals surface area contributed by atoms with Gasteiger partial charge in [-0.3, -0.25) is 9.59 Å². The van der Waals surface area contributed by atoms with Gasteiger partial charge in [0.05, 0.1) is 0 Å². The molecule has 1 amide bonds. The van der Waals surface area contributed by atoms with Crippen LogP contribution in [0.5, 0.6) is 0 Å². The molecule has 2 atom stereocenters. The first-order valence-electron chi connectivity index (χ1n) is 19.6. The number of hydrogen-bond acceptors (Lipinski definition) is 4. The Morgan fingerprint density at radius 3 is 2.02 bits per heavy atom. The van der Waals surface area contributed by atoms with Gasteiger partial charge in [-0.15, -0.1) is 0 Å². The van der Waals surface area contributed by atoms with Gasteiger partial charge in [-0.05, 0) is 99.6 Å². The van der Waals surface area contributed by atoms with E-state index in [1.54, 1.807) is 35.2 Å². The summed E-state index contributed by atoms with van der Waals surface area (Å²) in [6.07, 6.45) is 2.48. The fourth-order valence-corrected chi connectivity index (χ4v) is 10.4. The summed E-state index contributed by atoms with van der Waals surface area (Å²) < 4.78 is 57.1. The lowest BCUT2D eigenvalue weighted by Gasteiger charge is -2.43. The molecule has 7 aromatic carbocycles. The van der Waals surface area contributed by atoms with Crippen molar-refractivity contribution in [1.82, 2.24) is 9.47 Å². The van der Waals surface area contributed by atoms with Gasteiger partial charge in [0.25, 0.3) is 17.4 Å². The molecule has 0 radical (unpaired) electrons. The second-order valence-corrected chi connectivity index (χ2v) is 17.2. The van der Waals surface area contributed by atoms with Gasteiger partial charge in [-0.2, -0.15) is 17.6 Å². The van der Waals surface area contributed by atoms with Gasteiger partial charge < -0.3 is 9.47 Å². The molecule has 1 fully saturated rings. The van der Waals surface area contributed by atoms with Crippen LogP contribution in [0.3, 0.4) is 0 Å². The normalized spacial score (nSPS) is 16.8. The Morgan fingerprint density at radius 1 is 0.667 bits per heavy atom. The van der Waals surface area contributed by atoms with Crippen molar-refractivity contribution in [2.24, 2.45) is 0 Å². The van der Waals surface area contributed by atoms with E-state index in [1.807, 2.05) is 73.7 Å². The molecule has 300 valence electrons. The molecule has 60 heavy (non-hydrogen) atoms. The third-order valence-electron chi connectivity index (χ3n) is 11.7. The summed E-state index contributed by atoms with van der Waals surface area (Å²) in [6, 6.07) is 46.7. The van der Waals surface area contributed by atoms with Gasteiger partial charge in [0.2, 0.25) is 0 Å². The molecular weight excluding hydrogens is 801 g/mol. The maximum atomic E-state index is 16.2. The Hall–Kier alpha value is -5.84. The van der Waals surface area contributed by atoms with E-state index in [-0.39, 0.29) is 27.5 Å². The molecule has 0 bridgehead atoms. The predicted molar refractivity (Wildman–Crippen MR) is 235 cm³/mol. The smallest absolute Gasteiger partial charge is 0.288 e. The van der Waals surface area contributed by atoms with Crippen molar-refractivity contribution in [3.8, 4) is 0 Å². The molecular formula is C50H38F4N2O2S2. The number of halogens is 4. The van der Waals surface area contributed by atoms with Crippen LogP contribution >= 0.6 is 23.5 Å². The van der Waals surface area contributed by atoms with E-state index in [1.165, 1.54) is 18.2 Å². The van der Waals surface area contributed by atoms with Gasteiger partial charge in [0, 0.05) is 57.0 Å². The number of aryl methyl sites for hydroxylation is 1. The fraction of sp³-hybridized carbons (Fsp3) is 0.160. The van der Waals surface area contributed by atoms with Crippen LogP contribution in [-0.2, 0) is 12.1 Å². The number of carbonyl (C=O) groups excluding carboxylic acids is 2. The molecule has 10 heteroatoms. The second kappa shape index (κ2) is 16.3. The van der Waals surface area contributed by atoms with Crippen molar-refractivity contribution in [3.63, 3.8) is 0 Å². The summed E-state index contributed by atoms with van der Waals surface area (Å²) in [5.74, 6) is -6.96. The number of Topliss-reactive ketones (excluding diaryl/α,β-unsaturated/α-hetero) is 1. The second-order valence-electron chi connectivity index (χ2n) is 15.1. The number of thioether (sulfide) groups is 2. The Labute approximate surface area is 353 Å². The molecule has 1 aliphatic rings. The van der Waals surface area contributed by atoms with E-state index in [2.05, 4.69) is 47.2 Å². The van der Waals surface area contributed by atoms with Crippen molar-refractivity contribution in [1.29, 1.82) is 0 Å². The number of alkyl halides is 4. The molecule has 1 aromatic heterocycles. The van der Waals surface area contributed by atoms with E-state index in [9.17, 15) is 17.6 Å². The lowest BCUT2D eigenvalue weighted by molar-refractivity contribution is 0.0477. The molecule has 2 unspecified atom stereocenters. The SMILES string of the molecule is Cc1ccc2ccccc2c1C1(C(=O)c2cccc(SC(F)F)c2)C(c2cn(Cc3ccc4ccccc4c3)c3ccccc23)CCN1C(=O)c1cccc(SC(F)F)c1. The van der Waals surface area contributed by atoms with Gasteiger partial charge in [-0.1, -0.05) is 133 Å². The molecule has 9 rings (SSSR count). The van der Waals surface area contributed by atoms with Crippen molar-refractivity contribution in [2.45, 2.75) is 52.7 Å². The average molecular weight is 839 g/mol. The number of hydrogen-bond donors (Lipinski definition) is 0. The third-order valence-corrected chi connectivity index (χ3v) is 13.1. The molecule has 1 aliphatic heterocycles. The van der Waals surface area contributed by atoms with Crippen molar-refractivity contribution >= 4 is 67.7 Å². The Kier molecular flexibility index (Phi) is 10.8. The number of ketones is 1. The molecule has 0 N–H and O–H groups in total. The highest BCUT2D eigenvalue weighted by Gasteiger charge is 2.59. The number of para-hydroxylation sites is 1. The number of fused-ring (bicyclic) bond motifs is 3. The minimum Gasteiger partial charge on any atom is -0.343 e. The highest BCUT2D eigenvalue weighted by molar-refractivity contribution is 7.99. The number of rotatable bonds is 11. The van der Waals surface area contributed by atoms with E-state index in [4.69, 9.17) is 0 Å². The number of amides is 1. The van der Waals surface area contributed by atoms with Crippen LogP contribution in [0.4, 0.5) is 17.6 Å². The molecule has 0 spiro atoms. The van der Waals surface area contributed by atoms with Crippen LogP contribution in [-0.4, -0.2) is 39.2 Å². The summed E-state index contributed by atoms with van der Waals surface area (Å²) in [5.41, 5.74) is 2.93. The first kappa shape index (κ1) is 39.6. The van der Waals surface area contributed by atoms with Crippen molar-refractivity contribution in [2.75, 3.05) is 6.54 Å². The Bertz CT molecular complexity index is 2930. The number of benzene rings is 7. The van der Waals surface area contributed by atoms with Crippen molar-refractivity contribution < 1.29 is 27.2 Å². The van der Waals surface area contributed by atoms with Crippen LogP contribution < -0.4 is 0 Å². The number of aromatic nitrogens is 1. The van der Waals surface area contributed by atoms with Gasteiger partial charge in [0.1, 0.15) is 5.54 Å². The minimum absolute atomic E-state index is 0.153. The molecule has 4 nitrogen and oxygen atoms in total. The molecule has 0 saturated carbocycles. The number of carbonyl (C=O) groups is 2. The highest BCUT2D eigenvalue weighted by atomic mass is 32.2. The lowest BCUT2D eigenvalue weighted by atomic mass is 9.68. The molecule has 2 heterocycles. The van der Waals surface area contributed by atoms with Gasteiger partial charge in [-0.25, -0.2) is 0 Å². The standard InChI is InChI=1S/C50H38F4N2O2S2/c1-31-20-22-34-11-4-5-17-40(34)45(31)50(46(57)36-13-8-15-38(27-36)59-48(51)52)43(24-25-56(50)47(58)37-14-9-16-39(28-37)60-49(53)54)42-30-55(44-19-7-6-18-41(42)44)29-32-21-23-33-10-2-3-12-35(33)26-32/h2-23,26-28,30,43,48-49H,24-25,29H2,1H3. The topological polar surface area (TPSA) is 42.3 Å². The zero-order valence-electron chi connectivity index (χ0n) is 32.4. The summed E-state index contributed by atoms with van der Waals surface area (Å²) in [4.78, 5) is 33.6. The Balaban J connectivity index is 1.31. The van der Waals surface area contributed by atoms with Crippen LogP contribution in [0, 0.1) is 6.92 Å². The maximum Gasteiger partial charge on any atom is 0.288 e. The largest absolute Gasteiger partial charge is 0.343 e. The monoisotopic (exact) mass is 838 g/mol. The molecule has 0 aliphatic carbocycles. The first-order valence-corrected chi connectivity index (χ1v) is 21.4. The van der Waals surface area contributed by atoms with Crippen LogP contribution in [0.2, 0.25) is 0 Å². The molecule has 8 aromatic rings. The maximum absolute atomic E-state index is 16.2. The summed E-state index contributed by atoms with van der Waals surface area (Å²) in [7, 11) is 0. The van der Waals surface area contributed by atoms with Crippen LogP contribution in [0.15, 0.2) is 168 Å². The van der Waals surface area contributed by atoms with Gasteiger partial charge in [0.15, 0.2) is 5.78 Å². The summed E-state index contributed by atoms with van der Waals surface area (Å²) in [6.45, 7) is 2.62. The van der Waals surface area contributed by atoms with Gasteiger partial charge >= 0.3 is 0 Å². The molecule has 1 saturated heterocycles. The fourth-order valence-electron chi connectivity index (χ4n) is 9.28. The minimum atomic E-state index is -2.71. The summed E-state index contributed by atoms with van der Waals surface area (Å²) >= 11 is 0.702. The predicted octanol–water partition coefficient (Wildman–Crippen LogP) is 13.3. The van der Waals surface area contributed by atoms with Crippen LogP contribution in [0.1, 0.15) is 55.3 Å². The summed E-state index contributed by atoms with van der Waals surface area (Å²) in [5, 5.41) is 4.81. The lowest BCUT2D eigenvalue weighted by Crippen LogP contribution is -2.54. The Morgan fingerprint density at radius 2 is 1.28 bits per heavy atom. The highest BCUT2D eigenvalue weighted by Crippen LogP contribution is 2.55. The number of likely N-dealkylation sites (tertiary alicyclic amines) is 1. The van der Waals surface area contributed by atoms with E-state index in [0.29, 0.717) is 42.1 Å². The number of nitrogens with zero attached hydrogens (tertiary/aromatic N) is 2. The van der Waals surface area contributed by atoms with E-state index < -0.39 is 34.7 Å². The average Bonchev–Trinajstić information content (AvgIpc) is 3.81. The van der Waals surface area contributed by atoms with E-state index >= 15 is 9.59 Å². The third kappa shape index (κ3) is 7.15. The zero-order valence-corrected chi connectivity index (χ0v) is 34.0. The quantitative estimate of drug-likeness (QED) is 0.0739. The first-order chi connectivity index (χ1) is 29.1.